The first-order valence-electron chi connectivity index (χ1n) is 11.8. The summed E-state index contributed by atoms with van der Waals surface area (Å²) in [5.41, 5.74) is 3.36. The van der Waals surface area contributed by atoms with Crippen LogP contribution in [0, 0.1) is 12.8 Å². The minimum absolute atomic E-state index is 0.0178. The molecule has 5 rings (SSSR count). The van der Waals surface area contributed by atoms with E-state index >= 15 is 0 Å². The van der Waals surface area contributed by atoms with Crippen LogP contribution in [0.4, 0.5) is 0 Å². The molecule has 4 heterocycles. The van der Waals surface area contributed by atoms with Crippen LogP contribution in [-0.2, 0) is 9.84 Å². The fourth-order valence-electron chi connectivity index (χ4n) is 5.00. The Morgan fingerprint density at radius 2 is 1.82 bits per heavy atom. The number of methoxy groups -OCH3 is 1. The van der Waals surface area contributed by atoms with Gasteiger partial charge in [0.15, 0.2) is 15.5 Å². The summed E-state index contributed by atoms with van der Waals surface area (Å²) in [7, 11) is -1.48. The van der Waals surface area contributed by atoms with E-state index in [2.05, 4.69) is 6.92 Å². The summed E-state index contributed by atoms with van der Waals surface area (Å²) in [6.45, 7) is 5.55. The lowest BCUT2D eigenvalue weighted by molar-refractivity contribution is 0.0699. The van der Waals surface area contributed by atoms with Crippen LogP contribution < -0.4 is 4.74 Å². The van der Waals surface area contributed by atoms with E-state index in [1.54, 1.807) is 11.8 Å². The van der Waals surface area contributed by atoms with Crippen LogP contribution in [0.1, 0.15) is 48.3 Å². The lowest BCUT2D eigenvalue weighted by Crippen LogP contribution is -2.38. The van der Waals surface area contributed by atoms with Gasteiger partial charge < -0.3 is 9.64 Å². The Bertz CT molecular complexity index is 1340. The van der Waals surface area contributed by atoms with E-state index in [-0.39, 0.29) is 23.5 Å². The Labute approximate surface area is 199 Å². The third-order valence-electron chi connectivity index (χ3n) is 7.08. The molecule has 2 aliphatic rings. The number of aryl methyl sites for hydroxylation is 1. The third kappa shape index (κ3) is 4.17. The molecule has 0 radical (unpaired) electrons. The highest BCUT2D eigenvalue weighted by molar-refractivity contribution is 7.91. The Hall–Kier alpha value is -2.94. The Morgan fingerprint density at radius 3 is 2.44 bits per heavy atom. The van der Waals surface area contributed by atoms with Gasteiger partial charge in [-0.05, 0) is 62.4 Å². The second-order valence-corrected chi connectivity index (χ2v) is 11.8. The maximum absolute atomic E-state index is 13.7. The van der Waals surface area contributed by atoms with Crippen LogP contribution in [-0.4, -0.2) is 65.7 Å². The minimum Gasteiger partial charge on any atom is -0.497 e. The van der Waals surface area contributed by atoms with E-state index in [0.29, 0.717) is 40.3 Å². The molecule has 0 N–H and O–H groups in total. The summed E-state index contributed by atoms with van der Waals surface area (Å²) in [4.78, 5) is 20.6. The van der Waals surface area contributed by atoms with Gasteiger partial charge in [0.2, 0.25) is 0 Å². The average Bonchev–Trinajstić information content (AvgIpc) is 3.37. The van der Waals surface area contributed by atoms with Crippen LogP contribution in [0.15, 0.2) is 30.3 Å². The van der Waals surface area contributed by atoms with Crippen molar-refractivity contribution in [2.24, 2.45) is 5.92 Å². The van der Waals surface area contributed by atoms with Crippen molar-refractivity contribution in [1.82, 2.24) is 19.7 Å². The number of aromatic nitrogens is 3. The highest BCUT2D eigenvalue weighted by Crippen LogP contribution is 2.33. The summed E-state index contributed by atoms with van der Waals surface area (Å²) < 4.78 is 31.4. The summed E-state index contributed by atoms with van der Waals surface area (Å²) in [6, 6.07) is 9.13. The molecule has 2 saturated heterocycles. The lowest BCUT2D eigenvalue weighted by atomic mass is 9.97. The summed E-state index contributed by atoms with van der Waals surface area (Å²) in [5.74, 6) is 1.53. The minimum atomic E-state index is -3.10. The quantitative estimate of drug-likeness (QED) is 0.563. The zero-order valence-electron chi connectivity index (χ0n) is 19.8. The first-order valence-corrected chi connectivity index (χ1v) is 13.6. The van der Waals surface area contributed by atoms with Crippen molar-refractivity contribution in [3.63, 3.8) is 0 Å². The molecule has 2 aliphatic heterocycles. The van der Waals surface area contributed by atoms with E-state index in [0.717, 1.165) is 37.2 Å². The zero-order chi connectivity index (χ0) is 24.0. The third-order valence-corrected chi connectivity index (χ3v) is 8.83. The number of sulfone groups is 1. The molecule has 0 bridgehead atoms. The number of carbonyl (C=O) groups is 1. The number of hydrogen-bond donors (Lipinski definition) is 0. The summed E-state index contributed by atoms with van der Waals surface area (Å²) >= 11 is 0. The van der Waals surface area contributed by atoms with Gasteiger partial charge >= 0.3 is 0 Å². The Kier molecular flexibility index (Phi) is 5.83. The van der Waals surface area contributed by atoms with Gasteiger partial charge in [-0.1, -0.05) is 6.92 Å². The molecule has 0 unspecified atom stereocenters. The van der Waals surface area contributed by atoms with Gasteiger partial charge in [-0.15, -0.1) is 0 Å². The van der Waals surface area contributed by atoms with Gasteiger partial charge in [-0.25, -0.2) is 18.1 Å². The fraction of sp³-hybridized carbons (Fsp3) is 0.480. The fourth-order valence-corrected chi connectivity index (χ4v) is 6.69. The second-order valence-electron chi connectivity index (χ2n) is 9.54. The number of ether oxygens (including phenoxy) is 1. The van der Waals surface area contributed by atoms with Crippen molar-refractivity contribution < 1.29 is 17.9 Å². The standard InChI is InChI=1S/C25H30N4O4S/c1-16-8-11-28(12-9-16)25(30)21-14-22(18-4-6-20(33-3)7-5-18)26-24-23(21)17(2)27-29(24)19-10-13-34(31,32)15-19/h4-7,14,16,19H,8-13,15H2,1-3H3/t19-/m0/s1. The molecule has 1 amide bonds. The van der Waals surface area contributed by atoms with E-state index in [1.807, 2.05) is 42.2 Å². The van der Waals surface area contributed by atoms with Gasteiger partial charge in [0, 0.05) is 18.7 Å². The van der Waals surface area contributed by atoms with Crippen molar-refractivity contribution in [2.75, 3.05) is 31.7 Å². The molecule has 3 aromatic rings. The molecule has 2 fully saturated rings. The van der Waals surface area contributed by atoms with Gasteiger partial charge in [0.05, 0.1) is 47.0 Å². The number of hydrogen-bond acceptors (Lipinski definition) is 6. The Balaban J connectivity index is 1.66. The highest BCUT2D eigenvalue weighted by atomic mass is 32.2. The van der Waals surface area contributed by atoms with Gasteiger partial charge in [-0.2, -0.15) is 5.10 Å². The number of benzene rings is 1. The molecule has 2 aromatic heterocycles. The SMILES string of the molecule is COc1ccc(-c2cc(C(=O)N3CCC(C)CC3)c3c(C)nn([C@H]4CCS(=O)(=O)C4)c3n2)cc1. The number of likely N-dealkylation sites (tertiary alicyclic amines) is 1. The van der Waals surface area contributed by atoms with Crippen LogP contribution in [0.2, 0.25) is 0 Å². The van der Waals surface area contributed by atoms with Crippen LogP contribution in [0.5, 0.6) is 5.75 Å². The molecule has 34 heavy (non-hydrogen) atoms. The number of fused-ring (bicyclic) bond motifs is 1. The largest absolute Gasteiger partial charge is 0.497 e. The van der Waals surface area contributed by atoms with Gasteiger partial charge in [0.1, 0.15) is 5.75 Å². The average molecular weight is 483 g/mol. The van der Waals surface area contributed by atoms with E-state index in [1.165, 1.54) is 0 Å². The van der Waals surface area contributed by atoms with E-state index < -0.39 is 9.84 Å². The highest BCUT2D eigenvalue weighted by Gasteiger charge is 2.33. The lowest BCUT2D eigenvalue weighted by Gasteiger charge is -2.30. The second kappa shape index (κ2) is 8.69. The molecular weight excluding hydrogens is 452 g/mol. The Morgan fingerprint density at radius 1 is 1.12 bits per heavy atom. The molecule has 180 valence electrons. The molecule has 1 aromatic carbocycles. The van der Waals surface area contributed by atoms with Gasteiger partial charge in [-0.3, -0.25) is 4.79 Å². The van der Waals surface area contributed by atoms with E-state index in [4.69, 9.17) is 14.8 Å². The summed E-state index contributed by atoms with van der Waals surface area (Å²) in [5, 5.41) is 5.41. The van der Waals surface area contributed by atoms with Crippen molar-refractivity contribution in [2.45, 2.75) is 39.2 Å². The maximum atomic E-state index is 13.7. The van der Waals surface area contributed by atoms with Crippen LogP contribution in [0.25, 0.3) is 22.3 Å². The zero-order valence-corrected chi connectivity index (χ0v) is 20.6. The summed E-state index contributed by atoms with van der Waals surface area (Å²) in [6.07, 6.45) is 2.48. The molecule has 1 atom stereocenters. The first kappa shape index (κ1) is 22.8. The van der Waals surface area contributed by atoms with E-state index in [9.17, 15) is 13.2 Å². The number of amides is 1. The van der Waals surface area contributed by atoms with Crippen LogP contribution >= 0.6 is 0 Å². The molecule has 0 saturated carbocycles. The topological polar surface area (TPSA) is 94.4 Å². The monoisotopic (exact) mass is 482 g/mol. The molecule has 8 nitrogen and oxygen atoms in total. The number of carbonyl (C=O) groups excluding carboxylic acids is 1. The predicted molar refractivity (Wildman–Crippen MR) is 131 cm³/mol. The smallest absolute Gasteiger partial charge is 0.254 e. The van der Waals surface area contributed by atoms with Crippen molar-refractivity contribution in [3.05, 3.63) is 41.6 Å². The number of rotatable bonds is 4. The van der Waals surface area contributed by atoms with Crippen LogP contribution in [0.3, 0.4) is 0 Å². The molecular formula is C25H30N4O4S. The van der Waals surface area contributed by atoms with Crippen molar-refractivity contribution in [3.8, 4) is 17.0 Å². The number of piperidine rings is 1. The maximum Gasteiger partial charge on any atom is 0.254 e. The normalized spacial score (nSPS) is 20.7. The number of pyridine rings is 1. The number of nitrogens with zero attached hydrogens (tertiary/aromatic N) is 4. The molecule has 9 heteroatoms. The molecule has 0 spiro atoms. The van der Waals surface area contributed by atoms with Crippen molar-refractivity contribution >= 4 is 26.8 Å². The predicted octanol–water partition coefficient (Wildman–Crippen LogP) is 3.65. The van der Waals surface area contributed by atoms with Crippen molar-refractivity contribution in [1.29, 1.82) is 0 Å². The molecule has 0 aliphatic carbocycles. The van der Waals surface area contributed by atoms with Gasteiger partial charge in [0.25, 0.3) is 5.91 Å². The first-order chi connectivity index (χ1) is 16.3.